The Kier molecular flexibility index (Phi) is 5.20. The minimum absolute atomic E-state index is 0.0375. The maximum atomic E-state index is 14.8. The van der Waals surface area contributed by atoms with Crippen molar-refractivity contribution < 1.29 is 23.1 Å². The number of hydrogen-bond donors (Lipinski definition) is 2. The summed E-state index contributed by atoms with van der Waals surface area (Å²) < 4.78 is 35.1. The third-order valence-electron chi connectivity index (χ3n) is 5.63. The molecule has 1 aliphatic carbocycles. The van der Waals surface area contributed by atoms with Gasteiger partial charge in [0, 0.05) is 36.9 Å². The fourth-order valence-electron chi connectivity index (χ4n) is 3.60. The second-order valence-electron chi connectivity index (χ2n) is 8.09. The Morgan fingerprint density at radius 2 is 1.65 bits per heavy atom. The molecule has 34 heavy (non-hydrogen) atoms. The van der Waals surface area contributed by atoms with Gasteiger partial charge in [-0.1, -0.05) is 0 Å². The first kappa shape index (κ1) is 21.5. The summed E-state index contributed by atoms with van der Waals surface area (Å²) in [5, 5.41) is 10.1. The maximum absolute atomic E-state index is 14.8. The van der Waals surface area contributed by atoms with Gasteiger partial charge < -0.3 is 15.4 Å². The first-order valence-corrected chi connectivity index (χ1v) is 10.5. The summed E-state index contributed by atoms with van der Waals surface area (Å²) in [6.07, 6.45) is 3.96. The van der Waals surface area contributed by atoms with E-state index >= 15 is 0 Å². The molecule has 2 heterocycles. The molecule has 10 heteroatoms. The van der Waals surface area contributed by atoms with Gasteiger partial charge in [0.2, 0.25) is 11.8 Å². The molecule has 0 atom stereocenters. The summed E-state index contributed by atoms with van der Waals surface area (Å²) in [4.78, 5) is 29.6. The summed E-state index contributed by atoms with van der Waals surface area (Å²) >= 11 is 0. The largest absolute Gasteiger partial charge is 0.453 e. The van der Waals surface area contributed by atoms with E-state index in [2.05, 4.69) is 20.7 Å². The van der Waals surface area contributed by atoms with Gasteiger partial charge in [-0.2, -0.15) is 5.10 Å². The van der Waals surface area contributed by atoms with E-state index in [9.17, 15) is 18.4 Å². The van der Waals surface area contributed by atoms with Crippen molar-refractivity contribution in [3.8, 4) is 11.5 Å². The number of amides is 2. The number of rotatable bonds is 6. The van der Waals surface area contributed by atoms with Crippen LogP contribution in [0.1, 0.15) is 12.8 Å². The molecule has 2 amide bonds. The molecule has 172 valence electrons. The lowest BCUT2D eigenvalue weighted by atomic mass is 10.0. The second kappa shape index (κ2) is 8.22. The predicted octanol–water partition coefficient (Wildman–Crippen LogP) is 4.40. The normalized spacial score (nSPS) is 14.0. The number of anilines is 2. The van der Waals surface area contributed by atoms with Gasteiger partial charge in [-0.25, -0.2) is 13.8 Å². The zero-order chi connectivity index (χ0) is 23.9. The van der Waals surface area contributed by atoms with Crippen molar-refractivity contribution >= 4 is 34.2 Å². The lowest BCUT2D eigenvalue weighted by Crippen LogP contribution is -2.35. The van der Waals surface area contributed by atoms with E-state index in [1.807, 2.05) is 0 Å². The van der Waals surface area contributed by atoms with Crippen molar-refractivity contribution in [1.29, 1.82) is 0 Å². The highest BCUT2D eigenvalue weighted by Gasteiger charge is 2.56. The molecular formula is C24H19F2N5O3. The number of carbonyl (C=O) groups is 2. The van der Waals surface area contributed by atoms with E-state index in [1.165, 1.54) is 42.6 Å². The van der Waals surface area contributed by atoms with Crippen LogP contribution in [0.15, 0.2) is 60.9 Å². The number of nitrogens with one attached hydrogen (secondary N) is 2. The third-order valence-corrected chi connectivity index (χ3v) is 5.63. The lowest BCUT2D eigenvalue weighted by molar-refractivity contribution is -0.131. The summed E-state index contributed by atoms with van der Waals surface area (Å²) in [6, 6.07) is 10.9. The zero-order valence-electron chi connectivity index (χ0n) is 18.0. The molecule has 0 radical (unpaired) electrons. The summed E-state index contributed by atoms with van der Waals surface area (Å²) in [5.74, 6) is -1.79. The highest BCUT2D eigenvalue weighted by Crippen LogP contribution is 2.47. The molecule has 5 rings (SSSR count). The average molecular weight is 463 g/mol. The fraction of sp³-hybridized carbons (Fsp3) is 0.167. The van der Waals surface area contributed by atoms with Gasteiger partial charge >= 0.3 is 0 Å². The van der Waals surface area contributed by atoms with Gasteiger partial charge in [0.25, 0.3) is 0 Å². The van der Waals surface area contributed by atoms with Crippen LogP contribution < -0.4 is 15.4 Å². The molecule has 0 unspecified atom stereocenters. The SMILES string of the molecule is Cn1cc2c(Oc3ccc(NC(=O)C4(C(=O)Nc5ccc(F)cc5)CC4)cc3F)ccnc2n1. The van der Waals surface area contributed by atoms with Crippen LogP contribution in [0.2, 0.25) is 0 Å². The van der Waals surface area contributed by atoms with Crippen molar-refractivity contribution in [2.75, 3.05) is 10.6 Å². The number of aryl methyl sites for hydroxylation is 1. The smallest absolute Gasteiger partial charge is 0.240 e. The molecule has 2 aromatic heterocycles. The molecule has 4 aromatic rings. The van der Waals surface area contributed by atoms with Gasteiger partial charge in [-0.05, 0) is 55.3 Å². The number of nitrogens with zero attached hydrogens (tertiary/aromatic N) is 3. The van der Waals surface area contributed by atoms with Gasteiger partial charge in [-0.15, -0.1) is 0 Å². The van der Waals surface area contributed by atoms with Crippen LogP contribution >= 0.6 is 0 Å². The summed E-state index contributed by atoms with van der Waals surface area (Å²) in [5.41, 5.74) is -0.199. The van der Waals surface area contributed by atoms with Crippen LogP contribution in [0.25, 0.3) is 11.0 Å². The topological polar surface area (TPSA) is 98.1 Å². The Bertz CT molecular complexity index is 1410. The predicted molar refractivity (Wildman–Crippen MR) is 120 cm³/mol. The highest BCUT2D eigenvalue weighted by molar-refractivity contribution is 6.16. The Labute approximate surface area is 192 Å². The maximum Gasteiger partial charge on any atom is 0.240 e. The van der Waals surface area contributed by atoms with Gasteiger partial charge in [0.15, 0.2) is 17.2 Å². The quantitative estimate of drug-likeness (QED) is 0.413. The summed E-state index contributed by atoms with van der Waals surface area (Å²) in [7, 11) is 1.75. The molecule has 0 bridgehead atoms. The molecular weight excluding hydrogens is 444 g/mol. The standard InChI is InChI=1S/C24H19F2N5O3/c1-31-13-17-19(8-11-27-21(17)30-31)34-20-7-6-16(12-18(20)26)29-23(33)24(9-10-24)22(32)28-15-4-2-14(25)3-5-15/h2-8,11-13H,9-10H2,1H3,(H,28,32)(H,29,33). The van der Waals surface area contributed by atoms with Crippen LogP contribution in [0.3, 0.4) is 0 Å². The van der Waals surface area contributed by atoms with E-state index in [4.69, 9.17) is 4.74 Å². The molecule has 1 fully saturated rings. The number of halogens is 2. The van der Waals surface area contributed by atoms with Crippen molar-refractivity contribution in [1.82, 2.24) is 14.8 Å². The number of fused-ring (bicyclic) bond motifs is 1. The van der Waals surface area contributed by atoms with Gasteiger partial charge in [0.1, 0.15) is 17.0 Å². The first-order chi connectivity index (χ1) is 16.3. The van der Waals surface area contributed by atoms with Crippen LogP contribution in [0.4, 0.5) is 20.2 Å². The molecule has 0 spiro atoms. The van der Waals surface area contributed by atoms with E-state index < -0.39 is 28.9 Å². The molecule has 2 N–H and O–H groups in total. The minimum atomic E-state index is -1.25. The number of aromatic nitrogens is 3. The fourth-order valence-corrected chi connectivity index (χ4v) is 3.60. The van der Waals surface area contributed by atoms with E-state index in [1.54, 1.807) is 24.0 Å². The number of hydrogen-bond acceptors (Lipinski definition) is 5. The number of ether oxygens (including phenoxy) is 1. The van der Waals surface area contributed by atoms with Crippen LogP contribution in [-0.4, -0.2) is 26.6 Å². The van der Waals surface area contributed by atoms with Crippen molar-refractivity contribution in [2.24, 2.45) is 12.5 Å². The Balaban J connectivity index is 1.28. The molecule has 1 saturated carbocycles. The van der Waals surface area contributed by atoms with Crippen LogP contribution in [-0.2, 0) is 16.6 Å². The lowest BCUT2D eigenvalue weighted by Gasteiger charge is -2.16. The first-order valence-electron chi connectivity index (χ1n) is 10.5. The Hall–Kier alpha value is -4.34. The monoisotopic (exact) mass is 463 g/mol. The van der Waals surface area contributed by atoms with Gasteiger partial charge in [0.05, 0.1) is 5.39 Å². The number of benzene rings is 2. The number of pyridine rings is 1. The highest BCUT2D eigenvalue weighted by atomic mass is 19.1. The molecule has 2 aromatic carbocycles. The zero-order valence-corrected chi connectivity index (χ0v) is 18.0. The molecule has 8 nitrogen and oxygen atoms in total. The van der Waals surface area contributed by atoms with Crippen molar-refractivity contribution in [2.45, 2.75) is 12.8 Å². The molecule has 0 saturated heterocycles. The van der Waals surface area contributed by atoms with Crippen molar-refractivity contribution in [3.05, 3.63) is 72.6 Å². The average Bonchev–Trinajstić information content (AvgIpc) is 3.53. The van der Waals surface area contributed by atoms with Gasteiger partial charge in [-0.3, -0.25) is 14.3 Å². The van der Waals surface area contributed by atoms with Crippen LogP contribution in [0, 0.1) is 17.0 Å². The Morgan fingerprint density at radius 1 is 0.971 bits per heavy atom. The molecule has 1 aliphatic rings. The third kappa shape index (κ3) is 4.05. The van der Waals surface area contributed by atoms with Crippen molar-refractivity contribution in [3.63, 3.8) is 0 Å². The molecule has 0 aliphatic heterocycles. The number of carbonyl (C=O) groups excluding carboxylic acids is 2. The summed E-state index contributed by atoms with van der Waals surface area (Å²) in [6.45, 7) is 0. The van der Waals surface area contributed by atoms with E-state index in [-0.39, 0.29) is 11.4 Å². The Morgan fingerprint density at radius 3 is 2.32 bits per heavy atom. The van der Waals surface area contributed by atoms with E-state index in [0.29, 0.717) is 35.3 Å². The van der Waals surface area contributed by atoms with E-state index in [0.717, 1.165) is 6.07 Å². The second-order valence-corrected chi connectivity index (χ2v) is 8.09. The minimum Gasteiger partial charge on any atom is -0.453 e. The van der Waals surface area contributed by atoms with Crippen LogP contribution in [0.5, 0.6) is 11.5 Å².